The number of aryl methyl sites for hydroxylation is 2. The number of hydrogen-bond acceptors (Lipinski definition) is 7. The van der Waals surface area contributed by atoms with Gasteiger partial charge in [-0.1, -0.05) is 41.1 Å². The second-order valence-electron chi connectivity index (χ2n) is 7.47. The third-order valence-electron chi connectivity index (χ3n) is 4.87. The van der Waals surface area contributed by atoms with E-state index in [0.717, 1.165) is 22.9 Å². The van der Waals surface area contributed by atoms with Crippen LogP contribution in [0.2, 0.25) is 0 Å². The molecule has 1 aliphatic rings. The first-order chi connectivity index (χ1) is 14.7. The Hall–Kier alpha value is -3.40. The standard InChI is InChI=1S/C21H22N4O5S/c1-13-4-7-15(8-5-13)20-23-19(30-24-20)11-22-21(26)18-12-25(31(3,27)28)16-10-14(2)6-9-17(16)29-18/h4-10,18H,11-12H2,1-3H3,(H,22,26)/t18-/m0/s1. The third kappa shape index (κ3) is 4.53. The fraction of sp³-hybridized carbons (Fsp3) is 0.286. The normalized spacial score (nSPS) is 15.8. The molecular weight excluding hydrogens is 420 g/mol. The van der Waals surface area contributed by atoms with Crippen molar-refractivity contribution in [2.24, 2.45) is 0 Å². The molecule has 9 nitrogen and oxygen atoms in total. The molecule has 1 atom stereocenters. The summed E-state index contributed by atoms with van der Waals surface area (Å²) in [7, 11) is -3.59. The van der Waals surface area contributed by atoms with Gasteiger partial charge in [0.2, 0.25) is 21.7 Å². The van der Waals surface area contributed by atoms with Crippen LogP contribution in [-0.4, -0.2) is 43.4 Å². The fourth-order valence-electron chi connectivity index (χ4n) is 3.24. The quantitative estimate of drug-likeness (QED) is 0.644. The Kier molecular flexibility index (Phi) is 5.40. The van der Waals surface area contributed by atoms with Gasteiger partial charge in [-0.05, 0) is 31.5 Å². The van der Waals surface area contributed by atoms with Crippen molar-refractivity contribution in [3.63, 3.8) is 0 Å². The largest absolute Gasteiger partial charge is 0.476 e. The van der Waals surface area contributed by atoms with E-state index in [9.17, 15) is 13.2 Å². The van der Waals surface area contributed by atoms with E-state index in [0.29, 0.717) is 17.3 Å². The number of aromatic nitrogens is 2. The lowest BCUT2D eigenvalue weighted by molar-refractivity contribution is -0.128. The average Bonchev–Trinajstić information content (AvgIpc) is 3.20. The Labute approximate surface area is 180 Å². The smallest absolute Gasteiger partial charge is 0.263 e. The first kappa shape index (κ1) is 20.9. The van der Waals surface area contributed by atoms with E-state index in [4.69, 9.17) is 9.26 Å². The number of fused-ring (bicyclic) bond motifs is 1. The molecular formula is C21H22N4O5S. The maximum atomic E-state index is 12.7. The summed E-state index contributed by atoms with van der Waals surface area (Å²) in [4.78, 5) is 17.0. The van der Waals surface area contributed by atoms with Gasteiger partial charge in [0.1, 0.15) is 5.75 Å². The van der Waals surface area contributed by atoms with Crippen molar-refractivity contribution in [2.75, 3.05) is 17.1 Å². The Morgan fingerprint density at radius 3 is 2.58 bits per heavy atom. The number of nitrogens with one attached hydrogen (secondary N) is 1. The van der Waals surface area contributed by atoms with Crippen LogP contribution in [0.15, 0.2) is 47.0 Å². The molecule has 1 amide bonds. The minimum atomic E-state index is -3.59. The van der Waals surface area contributed by atoms with E-state index >= 15 is 0 Å². The summed E-state index contributed by atoms with van der Waals surface area (Å²) in [5.74, 6) is 0.512. The second-order valence-corrected chi connectivity index (χ2v) is 9.37. The first-order valence-electron chi connectivity index (χ1n) is 9.63. The number of carbonyl (C=O) groups excluding carboxylic acids is 1. The molecule has 1 N–H and O–H groups in total. The number of carbonyl (C=O) groups is 1. The van der Waals surface area contributed by atoms with Crippen LogP contribution in [-0.2, 0) is 21.4 Å². The maximum absolute atomic E-state index is 12.7. The molecule has 0 unspecified atom stereocenters. The Balaban J connectivity index is 1.45. The number of amides is 1. The van der Waals surface area contributed by atoms with Gasteiger partial charge in [0.25, 0.3) is 5.91 Å². The number of nitrogens with zero attached hydrogens (tertiary/aromatic N) is 3. The predicted molar refractivity (Wildman–Crippen MR) is 114 cm³/mol. The van der Waals surface area contributed by atoms with Crippen LogP contribution in [0.1, 0.15) is 17.0 Å². The lowest BCUT2D eigenvalue weighted by Gasteiger charge is -2.34. The van der Waals surface area contributed by atoms with Crippen LogP contribution in [0.25, 0.3) is 11.4 Å². The van der Waals surface area contributed by atoms with Crippen LogP contribution in [0.5, 0.6) is 5.75 Å². The SMILES string of the molecule is Cc1ccc(-c2noc(CNC(=O)[C@@H]3CN(S(C)(=O)=O)c4cc(C)ccc4O3)n2)cc1. The highest BCUT2D eigenvalue weighted by Gasteiger charge is 2.35. The van der Waals surface area contributed by atoms with Crippen molar-refractivity contribution in [1.29, 1.82) is 0 Å². The summed E-state index contributed by atoms with van der Waals surface area (Å²) in [5.41, 5.74) is 3.23. The number of ether oxygens (including phenoxy) is 1. The molecule has 1 aromatic heterocycles. The molecule has 162 valence electrons. The average molecular weight is 442 g/mol. The Morgan fingerprint density at radius 1 is 1.16 bits per heavy atom. The molecule has 1 aliphatic heterocycles. The number of rotatable bonds is 5. The van der Waals surface area contributed by atoms with Gasteiger partial charge < -0.3 is 14.6 Å². The van der Waals surface area contributed by atoms with Crippen LogP contribution in [0.4, 0.5) is 5.69 Å². The van der Waals surface area contributed by atoms with E-state index < -0.39 is 22.0 Å². The molecule has 0 saturated heterocycles. The van der Waals surface area contributed by atoms with Crippen molar-refractivity contribution in [1.82, 2.24) is 15.5 Å². The highest BCUT2D eigenvalue weighted by Crippen LogP contribution is 2.35. The summed E-state index contributed by atoms with van der Waals surface area (Å²) >= 11 is 0. The highest BCUT2D eigenvalue weighted by atomic mass is 32.2. The molecule has 0 radical (unpaired) electrons. The number of sulfonamides is 1. The van der Waals surface area contributed by atoms with Gasteiger partial charge in [-0.2, -0.15) is 4.98 Å². The summed E-state index contributed by atoms with van der Waals surface area (Å²) in [6.45, 7) is 3.71. The number of benzene rings is 2. The molecule has 0 saturated carbocycles. The molecule has 2 heterocycles. The lowest BCUT2D eigenvalue weighted by Crippen LogP contribution is -2.50. The monoisotopic (exact) mass is 442 g/mol. The van der Waals surface area contributed by atoms with Crippen LogP contribution in [0.3, 0.4) is 0 Å². The van der Waals surface area contributed by atoms with Crippen LogP contribution >= 0.6 is 0 Å². The van der Waals surface area contributed by atoms with E-state index in [1.54, 1.807) is 18.2 Å². The van der Waals surface area contributed by atoms with E-state index in [1.165, 1.54) is 4.31 Å². The topological polar surface area (TPSA) is 115 Å². The lowest BCUT2D eigenvalue weighted by atomic mass is 10.1. The maximum Gasteiger partial charge on any atom is 0.263 e. The zero-order chi connectivity index (χ0) is 22.2. The van der Waals surface area contributed by atoms with Crippen molar-refractivity contribution in [2.45, 2.75) is 26.5 Å². The van der Waals surface area contributed by atoms with E-state index in [-0.39, 0.29) is 19.0 Å². The zero-order valence-electron chi connectivity index (χ0n) is 17.3. The molecule has 0 spiro atoms. The summed E-state index contributed by atoms with van der Waals surface area (Å²) in [6.07, 6.45) is 0.0918. The van der Waals surface area contributed by atoms with Crippen molar-refractivity contribution in [3.8, 4) is 17.1 Å². The van der Waals surface area contributed by atoms with Crippen molar-refractivity contribution >= 4 is 21.6 Å². The first-order valence-corrected chi connectivity index (χ1v) is 11.5. The minimum Gasteiger partial charge on any atom is -0.476 e. The van der Waals surface area contributed by atoms with Crippen LogP contribution in [0, 0.1) is 13.8 Å². The molecule has 31 heavy (non-hydrogen) atoms. The van der Waals surface area contributed by atoms with Crippen LogP contribution < -0.4 is 14.4 Å². The van der Waals surface area contributed by atoms with Gasteiger partial charge in [-0.3, -0.25) is 9.10 Å². The molecule has 10 heteroatoms. The molecule has 3 aromatic rings. The Morgan fingerprint density at radius 2 is 1.87 bits per heavy atom. The van der Waals surface area contributed by atoms with Crippen molar-refractivity contribution in [3.05, 3.63) is 59.5 Å². The van der Waals surface area contributed by atoms with Gasteiger partial charge in [-0.25, -0.2) is 8.42 Å². The number of anilines is 1. The summed E-state index contributed by atoms with van der Waals surface area (Å²) < 4.78 is 36.7. The summed E-state index contributed by atoms with van der Waals surface area (Å²) in [5, 5.41) is 6.61. The van der Waals surface area contributed by atoms with Gasteiger partial charge in [-0.15, -0.1) is 0 Å². The van der Waals surface area contributed by atoms with Gasteiger partial charge in [0.05, 0.1) is 25.0 Å². The second kappa shape index (κ2) is 8.03. The number of hydrogen-bond donors (Lipinski definition) is 1. The van der Waals surface area contributed by atoms with Gasteiger partial charge in [0.15, 0.2) is 6.10 Å². The van der Waals surface area contributed by atoms with E-state index in [1.807, 2.05) is 38.1 Å². The minimum absolute atomic E-state index is 0.00279. The van der Waals surface area contributed by atoms with Gasteiger partial charge in [0, 0.05) is 5.56 Å². The molecule has 2 aromatic carbocycles. The Bertz CT molecular complexity index is 1220. The predicted octanol–water partition coefficient (Wildman–Crippen LogP) is 2.20. The molecule has 0 bridgehead atoms. The van der Waals surface area contributed by atoms with Gasteiger partial charge >= 0.3 is 0 Å². The zero-order valence-corrected chi connectivity index (χ0v) is 18.1. The summed E-state index contributed by atoms with van der Waals surface area (Å²) in [6, 6.07) is 12.8. The van der Waals surface area contributed by atoms with E-state index in [2.05, 4.69) is 15.5 Å². The molecule has 4 rings (SSSR count). The molecule has 0 aliphatic carbocycles. The fourth-order valence-corrected chi connectivity index (χ4v) is 4.14. The third-order valence-corrected chi connectivity index (χ3v) is 6.01. The highest BCUT2D eigenvalue weighted by molar-refractivity contribution is 7.92. The molecule has 0 fully saturated rings. The van der Waals surface area contributed by atoms with Crippen molar-refractivity contribution < 1.29 is 22.5 Å².